The Morgan fingerprint density at radius 2 is 1.18 bits per heavy atom. The molecule has 0 amide bonds. The summed E-state index contributed by atoms with van der Waals surface area (Å²) >= 11 is 0. The lowest BCUT2D eigenvalue weighted by molar-refractivity contribution is -0.377. The van der Waals surface area contributed by atoms with Crippen molar-refractivity contribution in [1.82, 2.24) is 0 Å². The van der Waals surface area contributed by atoms with E-state index in [2.05, 4.69) is 6.92 Å². The van der Waals surface area contributed by atoms with Crippen LogP contribution in [0.5, 0.6) is 0 Å². The van der Waals surface area contributed by atoms with E-state index in [9.17, 15) is 43.9 Å². The van der Waals surface area contributed by atoms with Crippen molar-refractivity contribution in [2.24, 2.45) is 0 Å². The standard InChI is InChI=1S/C7H5F10/c1-2-4(9,10)3(8)5(11,12)6(13,14)7(15,16)17/h3H,1-2H2/t3-/m0/s1. The van der Waals surface area contributed by atoms with Crippen LogP contribution in [-0.4, -0.2) is 30.1 Å². The molecule has 0 saturated carbocycles. The molecule has 0 N–H and O–H groups in total. The van der Waals surface area contributed by atoms with Gasteiger partial charge in [0.25, 0.3) is 5.92 Å². The average Bonchev–Trinajstić information content (AvgIpc) is 2.14. The predicted molar refractivity (Wildman–Crippen MR) is 35.8 cm³/mol. The van der Waals surface area contributed by atoms with Crippen LogP contribution < -0.4 is 0 Å². The van der Waals surface area contributed by atoms with Gasteiger partial charge in [-0.05, 0) is 6.92 Å². The van der Waals surface area contributed by atoms with Crippen LogP contribution in [0.15, 0.2) is 0 Å². The zero-order chi connectivity index (χ0) is 14.3. The largest absolute Gasteiger partial charge is 0.459 e. The minimum atomic E-state index is -6.90. The molecule has 0 heterocycles. The molecule has 17 heavy (non-hydrogen) atoms. The van der Waals surface area contributed by atoms with Crippen LogP contribution in [-0.2, 0) is 0 Å². The lowest BCUT2D eigenvalue weighted by Gasteiger charge is -2.33. The predicted octanol–water partition coefficient (Wildman–Crippen LogP) is 4.02. The number of rotatable bonds is 4. The maximum atomic E-state index is 12.5. The second-order valence-corrected chi connectivity index (χ2v) is 3.07. The molecule has 0 aliphatic carbocycles. The van der Waals surface area contributed by atoms with E-state index < -0.39 is 36.5 Å². The van der Waals surface area contributed by atoms with Crippen molar-refractivity contribution < 1.29 is 43.9 Å². The third-order valence-corrected chi connectivity index (χ3v) is 1.80. The monoisotopic (exact) mass is 279 g/mol. The molecule has 103 valence electrons. The fraction of sp³-hybridized carbons (Fsp3) is 0.857. The van der Waals surface area contributed by atoms with Gasteiger partial charge in [0.2, 0.25) is 6.17 Å². The third-order valence-electron chi connectivity index (χ3n) is 1.80. The molecule has 0 bridgehead atoms. The molecule has 0 spiro atoms. The Morgan fingerprint density at radius 1 is 0.824 bits per heavy atom. The number of hydrogen-bond acceptors (Lipinski definition) is 0. The molecule has 0 aromatic heterocycles. The molecule has 0 fully saturated rings. The van der Waals surface area contributed by atoms with Gasteiger partial charge in [-0.15, -0.1) is 0 Å². The minimum Gasteiger partial charge on any atom is -0.234 e. The van der Waals surface area contributed by atoms with E-state index >= 15 is 0 Å². The highest BCUT2D eigenvalue weighted by Gasteiger charge is 2.78. The highest BCUT2D eigenvalue weighted by atomic mass is 19.4. The van der Waals surface area contributed by atoms with Gasteiger partial charge in [-0.25, -0.2) is 13.2 Å². The maximum Gasteiger partial charge on any atom is 0.459 e. The fourth-order valence-electron chi connectivity index (χ4n) is 0.740. The second-order valence-electron chi connectivity index (χ2n) is 3.07. The lowest BCUT2D eigenvalue weighted by Crippen LogP contribution is -2.60. The van der Waals surface area contributed by atoms with E-state index in [1.807, 2.05) is 0 Å². The van der Waals surface area contributed by atoms with Crippen LogP contribution in [0.4, 0.5) is 43.9 Å². The summed E-state index contributed by atoms with van der Waals surface area (Å²) in [5.74, 6) is -18.6. The first-order chi connectivity index (χ1) is 7.22. The normalized spacial score (nSPS) is 17.1. The van der Waals surface area contributed by atoms with E-state index in [-0.39, 0.29) is 0 Å². The Kier molecular flexibility index (Phi) is 4.03. The summed E-state index contributed by atoms with van der Waals surface area (Å²) in [6, 6.07) is 0. The zero-order valence-corrected chi connectivity index (χ0v) is 7.77. The highest BCUT2D eigenvalue weighted by molar-refractivity contribution is 5.01. The summed E-state index contributed by atoms with van der Waals surface area (Å²) in [7, 11) is 0. The molecular formula is C7H5F10. The molecule has 0 aromatic rings. The maximum absolute atomic E-state index is 12.5. The Bertz CT molecular complexity index is 264. The summed E-state index contributed by atoms with van der Waals surface area (Å²) in [6.45, 7) is 2.29. The van der Waals surface area contributed by atoms with E-state index in [1.165, 1.54) is 0 Å². The summed E-state index contributed by atoms with van der Waals surface area (Å²) in [6.07, 6.45) is -13.7. The van der Waals surface area contributed by atoms with E-state index in [1.54, 1.807) is 0 Å². The molecule has 0 aromatic carbocycles. The minimum absolute atomic E-state index is 1.89. The quantitative estimate of drug-likeness (QED) is 0.682. The van der Waals surface area contributed by atoms with Crippen molar-refractivity contribution in [1.29, 1.82) is 0 Å². The molecule has 0 saturated heterocycles. The first-order valence-electron chi connectivity index (χ1n) is 3.85. The number of alkyl halides is 10. The van der Waals surface area contributed by atoms with Gasteiger partial charge in [0.05, 0.1) is 0 Å². The van der Waals surface area contributed by atoms with Crippen molar-refractivity contribution in [3.8, 4) is 0 Å². The molecule has 1 atom stereocenters. The van der Waals surface area contributed by atoms with Gasteiger partial charge in [0, 0.05) is 6.42 Å². The third kappa shape index (κ3) is 2.59. The van der Waals surface area contributed by atoms with Gasteiger partial charge in [-0.3, -0.25) is 0 Å². The van der Waals surface area contributed by atoms with Gasteiger partial charge in [0.15, 0.2) is 0 Å². The van der Waals surface area contributed by atoms with Crippen LogP contribution in [0.25, 0.3) is 0 Å². The first-order valence-corrected chi connectivity index (χ1v) is 3.85. The van der Waals surface area contributed by atoms with Crippen LogP contribution >= 0.6 is 0 Å². The first kappa shape index (κ1) is 16.3. The number of hydrogen-bond donors (Lipinski definition) is 0. The van der Waals surface area contributed by atoms with Gasteiger partial charge >= 0.3 is 18.0 Å². The van der Waals surface area contributed by atoms with Crippen molar-refractivity contribution >= 4 is 0 Å². The number of halogens is 10. The fourth-order valence-corrected chi connectivity index (χ4v) is 0.740. The van der Waals surface area contributed by atoms with Gasteiger partial charge in [-0.1, -0.05) is 0 Å². The van der Waals surface area contributed by atoms with Gasteiger partial charge in [-0.2, -0.15) is 30.7 Å². The smallest absolute Gasteiger partial charge is 0.234 e. The highest BCUT2D eigenvalue weighted by Crippen LogP contribution is 2.51. The van der Waals surface area contributed by atoms with Crippen molar-refractivity contribution in [3.63, 3.8) is 0 Å². The molecule has 10 heteroatoms. The molecule has 0 aliphatic rings. The summed E-state index contributed by atoms with van der Waals surface area (Å²) < 4.78 is 121. The molecular weight excluding hydrogens is 274 g/mol. The van der Waals surface area contributed by atoms with Crippen LogP contribution in [0, 0.1) is 6.92 Å². The Hall–Kier alpha value is -0.700. The van der Waals surface area contributed by atoms with E-state index in [4.69, 9.17) is 0 Å². The van der Waals surface area contributed by atoms with Crippen molar-refractivity contribution in [2.75, 3.05) is 0 Å². The average molecular weight is 279 g/mol. The lowest BCUT2D eigenvalue weighted by atomic mass is 9.99. The van der Waals surface area contributed by atoms with Crippen molar-refractivity contribution in [2.45, 2.75) is 36.5 Å². The topological polar surface area (TPSA) is 0 Å². The van der Waals surface area contributed by atoms with Gasteiger partial charge < -0.3 is 0 Å². The SMILES string of the molecule is [CH2]CC(F)(F)[C@H](F)C(F)(F)C(F)(F)C(F)(F)F. The zero-order valence-electron chi connectivity index (χ0n) is 7.77. The molecule has 0 nitrogen and oxygen atoms in total. The Balaban J connectivity index is 5.42. The summed E-state index contributed by atoms with van der Waals surface area (Å²) in [5.41, 5.74) is 0. The second kappa shape index (κ2) is 4.20. The Labute approximate surface area is 88.6 Å². The van der Waals surface area contributed by atoms with Crippen LogP contribution in [0.3, 0.4) is 0 Å². The van der Waals surface area contributed by atoms with E-state index in [0.717, 1.165) is 0 Å². The van der Waals surface area contributed by atoms with Crippen LogP contribution in [0.2, 0.25) is 0 Å². The van der Waals surface area contributed by atoms with Gasteiger partial charge in [0.1, 0.15) is 0 Å². The molecule has 1 radical (unpaired) electrons. The summed E-state index contributed by atoms with van der Waals surface area (Å²) in [5, 5.41) is 0. The molecule has 0 unspecified atom stereocenters. The Morgan fingerprint density at radius 3 is 1.41 bits per heavy atom. The molecule has 0 aliphatic heterocycles. The van der Waals surface area contributed by atoms with Crippen molar-refractivity contribution in [3.05, 3.63) is 6.92 Å². The summed E-state index contributed by atoms with van der Waals surface area (Å²) in [4.78, 5) is 0. The molecule has 0 rings (SSSR count). The van der Waals surface area contributed by atoms with E-state index in [0.29, 0.717) is 0 Å². The van der Waals surface area contributed by atoms with Crippen LogP contribution in [0.1, 0.15) is 6.42 Å².